The number of rotatable bonds is 8. The Balaban J connectivity index is 1.52. The summed E-state index contributed by atoms with van der Waals surface area (Å²) in [4.78, 5) is 2.15. The molecule has 0 aliphatic carbocycles. The van der Waals surface area contributed by atoms with Crippen LogP contribution in [0.3, 0.4) is 0 Å². The van der Waals surface area contributed by atoms with Crippen molar-refractivity contribution in [1.29, 1.82) is 0 Å². The van der Waals surface area contributed by atoms with Crippen LogP contribution in [0.15, 0.2) is 42.5 Å². The summed E-state index contributed by atoms with van der Waals surface area (Å²) in [6, 6.07) is 12.9. The second-order valence-electron chi connectivity index (χ2n) is 6.56. The molecule has 3 rings (SSSR count). The maximum Gasteiger partial charge on any atom is 0.138 e. The van der Waals surface area contributed by atoms with Crippen molar-refractivity contribution in [1.82, 2.24) is 4.90 Å². The van der Waals surface area contributed by atoms with Crippen LogP contribution in [-0.4, -0.2) is 53.6 Å². The van der Waals surface area contributed by atoms with Gasteiger partial charge in [-0.3, -0.25) is 4.90 Å². The molecular weight excluding hydrogens is 389 g/mol. The van der Waals surface area contributed by atoms with Gasteiger partial charge in [-0.2, -0.15) is 0 Å². The first-order valence-corrected chi connectivity index (χ1v) is 9.65. The smallest absolute Gasteiger partial charge is 0.138 e. The molecule has 1 aliphatic rings. The molecule has 27 heavy (non-hydrogen) atoms. The number of aliphatic hydroxyl groups excluding tert-OH is 2. The van der Waals surface area contributed by atoms with E-state index in [-0.39, 0.29) is 12.7 Å². The molecule has 0 amide bonds. The molecule has 0 radical (unpaired) electrons. The third-order valence-corrected chi connectivity index (χ3v) is 5.13. The molecule has 146 valence electrons. The number of ether oxygens (including phenoxy) is 2. The van der Waals surface area contributed by atoms with E-state index in [4.69, 9.17) is 37.8 Å². The minimum Gasteiger partial charge on any atom is -0.494 e. The van der Waals surface area contributed by atoms with E-state index < -0.39 is 6.10 Å². The molecule has 7 heteroatoms. The van der Waals surface area contributed by atoms with Gasteiger partial charge in [-0.05, 0) is 29.8 Å². The Hall–Kier alpha value is -1.50. The SMILES string of the molecule is OCCCOc1ccc(CN2C[C@H](Oc3ccc(Cl)c(Cl)c3)[C@@H](O)C2)cc1. The maximum absolute atomic E-state index is 10.3. The van der Waals surface area contributed by atoms with Gasteiger partial charge in [0.1, 0.15) is 23.7 Å². The number of benzene rings is 2. The standard InChI is InChI=1S/C20H23Cl2NO4/c21-17-7-6-16(10-18(17)22)27-20-13-23(12-19(20)25)11-14-2-4-15(5-3-14)26-9-1-8-24/h2-7,10,19-20,24-25H,1,8-9,11-13H2/t19-,20-/m0/s1. The van der Waals surface area contributed by atoms with E-state index in [9.17, 15) is 5.11 Å². The Bertz CT molecular complexity index is 741. The zero-order valence-electron chi connectivity index (χ0n) is 14.9. The summed E-state index contributed by atoms with van der Waals surface area (Å²) in [5.41, 5.74) is 1.13. The predicted molar refractivity (Wildman–Crippen MR) is 106 cm³/mol. The van der Waals surface area contributed by atoms with Crippen molar-refractivity contribution in [3.63, 3.8) is 0 Å². The fourth-order valence-electron chi connectivity index (χ4n) is 3.01. The maximum atomic E-state index is 10.3. The van der Waals surface area contributed by atoms with Gasteiger partial charge in [-0.25, -0.2) is 0 Å². The van der Waals surface area contributed by atoms with E-state index >= 15 is 0 Å². The summed E-state index contributed by atoms with van der Waals surface area (Å²) >= 11 is 11.9. The Morgan fingerprint density at radius 2 is 1.74 bits per heavy atom. The van der Waals surface area contributed by atoms with Crippen molar-refractivity contribution in [3.05, 3.63) is 58.1 Å². The molecule has 2 aromatic carbocycles. The quantitative estimate of drug-likeness (QED) is 0.651. The Kier molecular flexibility index (Phi) is 7.21. The third-order valence-electron chi connectivity index (χ3n) is 4.39. The van der Waals surface area contributed by atoms with Crippen molar-refractivity contribution >= 4 is 23.2 Å². The second-order valence-corrected chi connectivity index (χ2v) is 7.38. The van der Waals surface area contributed by atoms with Crippen LogP contribution in [0.25, 0.3) is 0 Å². The number of likely N-dealkylation sites (tertiary alicyclic amines) is 1. The number of β-amino-alcohol motifs (C(OH)–C–C–N with tert-alkyl or cyclic N) is 1. The number of hydrogen-bond donors (Lipinski definition) is 2. The number of hydrogen-bond acceptors (Lipinski definition) is 5. The van der Waals surface area contributed by atoms with Crippen molar-refractivity contribution in [2.24, 2.45) is 0 Å². The van der Waals surface area contributed by atoms with Gasteiger partial charge >= 0.3 is 0 Å². The molecule has 1 heterocycles. The largest absolute Gasteiger partial charge is 0.494 e. The average Bonchev–Trinajstić information content (AvgIpc) is 2.99. The van der Waals surface area contributed by atoms with Crippen molar-refractivity contribution in [2.75, 3.05) is 26.3 Å². The summed E-state index contributed by atoms with van der Waals surface area (Å²) < 4.78 is 11.4. The predicted octanol–water partition coefficient (Wildman–Crippen LogP) is 3.38. The molecule has 5 nitrogen and oxygen atoms in total. The zero-order chi connectivity index (χ0) is 19.2. The summed E-state index contributed by atoms with van der Waals surface area (Å²) in [7, 11) is 0. The van der Waals surface area contributed by atoms with Crippen LogP contribution < -0.4 is 9.47 Å². The Morgan fingerprint density at radius 3 is 2.44 bits per heavy atom. The molecule has 1 fully saturated rings. The van der Waals surface area contributed by atoms with Crippen LogP contribution in [0.4, 0.5) is 0 Å². The molecule has 0 bridgehead atoms. The van der Waals surface area contributed by atoms with Gasteiger partial charge in [-0.15, -0.1) is 0 Å². The minimum atomic E-state index is -0.569. The summed E-state index contributed by atoms with van der Waals surface area (Å²) in [6.07, 6.45) is -0.267. The van der Waals surface area contributed by atoms with E-state index in [1.165, 1.54) is 0 Å². The average molecular weight is 412 g/mol. The summed E-state index contributed by atoms with van der Waals surface area (Å²) in [5.74, 6) is 1.38. The molecule has 2 N–H and O–H groups in total. The Morgan fingerprint density at radius 1 is 1.00 bits per heavy atom. The van der Waals surface area contributed by atoms with Gasteiger partial charge in [0, 0.05) is 38.7 Å². The van der Waals surface area contributed by atoms with Gasteiger partial charge in [0.2, 0.25) is 0 Å². The van der Waals surface area contributed by atoms with E-state index in [1.54, 1.807) is 18.2 Å². The molecule has 2 atom stereocenters. The Labute approximate surface area is 169 Å². The monoisotopic (exact) mass is 411 g/mol. The molecule has 0 aromatic heterocycles. The fourth-order valence-corrected chi connectivity index (χ4v) is 3.29. The van der Waals surface area contributed by atoms with Crippen molar-refractivity contribution in [3.8, 4) is 11.5 Å². The molecule has 0 spiro atoms. The first-order valence-electron chi connectivity index (χ1n) is 8.90. The van der Waals surface area contributed by atoms with Crippen molar-refractivity contribution in [2.45, 2.75) is 25.2 Å². The van der Waals surface area contributed by atoms with Gasteiger partial charge in [0.15, 0.2) is 0 Å². The molecule has 0 unspecified atom stereocenters. The van der Waals surface area contributed by atoms with Gasteiger partial charge in [0.25, 0.3) is 0 Å². The molecule has 2 aromatic rings. The molecule has 1 aliphatic heterocycles. The number of halogens is 2. The van der Waals surface area contributed by atoms with Crippen LogP contribution in [0.1, 0.15) is 12.0 Å². The first kappa shape index (κ1) is 20.2. The fraction of sp³-hybridized carbons (Fsp3) is 0.400. The van der Waals surface area contributed by atoms with Gasteiger partial charge in [0.05, 0.1) is 16.7 Å². The van der Waals surface area contributed by atoms with E-state index in [0.29, 0.717) is 41.9 Å². The van der Waals surface area contributed by atoms with Gasteiger partial charge in [-0.1, -0.05) is 35.3 Å². The van der Waals surface area contributed by atoms with Crippen LogP contribution in [0.2, 0.25) is 10.0 Å². The zero-order valence-corrected chi connectivity index (χ0v) is 16.4. The van der Waals surface area contributed by atoms with Crippen molar-refractivity contribution < 1.29 is 19.7 Å². The van der Waals surface area contributed by atoms with E-state index in [1.807, 2.05) is 24.3 Å². The molecule has 1 saturated heterocycles. The van der Waals surface area contributed by atoms with E-state index in [0.717, 1.165) is 17.9 Å². The lowest BCUT2D eigenvalue weighted by Crippen LogP contribution is -2.29. The highest BCUT2D eigenvalue weighted by Gasteiger charge is 2.33. The highest BCUT2D eigenvalue weighted by atomic mass is 35.5. The van der Waals surface area contributed by atoms with Crippen LogP contribution in [0, 0.1) is 0 Å². The summed E-state index contributed by atoms with van der Waals surface area (Å²) in [5, 5.41) is 20.0. The summed E-state index contributed by atoms with van der Waals surface area (Å²) in [6.45, 7) is 2.51. The first-order chi connectivity index (χ1) is 13.0. The highest BCUT2D eigenvalue weighted by Crippen LogP contribution is 2.28. The topological polar surface area (TPSA) is 62.2 Å². The van der Waals surface area contributed by atoms with Crippen LogP contribution >= 0.6 is 23.2 Å². The second kappa shape index (κ2) is 9.62. The third kappa shape index (κ3) is 5.74. The lowest BCUT2D eigenvalue weighted by molar-refractivity contribution is 0.0737. The molecule has 0 saturated carbocycles. The lowest BCUT2D eigenvalue weighted by Gasteiger charge is -2.17. The van der Waals surface area contributed by atoms with Gasteiger partial charge < -0.3 is 19.7 Å². The number of nitrogens with zero attached hydrogens (tertiary/aromatic N) is 1. The normalized spacial score (nSPS) is 20.0. The highest BCUT2D eigenvalue weighted by molar-refractivity contribution is 6.42. The van der Waals surface area contributed by atoms with Crippen LogP contribution in [-0.2, 0) is 6.54 Å². The number of aliphatic hydroxyl groups is 2. The van der Waals surface area contributed by atoms with Crippen LogP contribution in [0.5, 0.6) is 11.5 Å². The lowest BCUT2D eigenvalue weighted by atomic mass is 10.2. The van der Waals surface area contributed by atoms with E-state index in [2.05, 4.69) is 4.90 Å². The minimum absolute atomic E-state index is 0.126. The molecular formula is C20H23Cl2NO4.